The van der Waals surface area contributed by atoms with Crippen LogP contribution >= 0.6 is 0 Å². The molecule has 1 N–H and O–H groups in total. The first-order valence-corrected chi connectivity index (χ1v) is 8.79. The minimum Gasteiger partial charge on any atom is -0.467 e. The Morgan fingerprint density at radius 1 is 1.23 bits per heavy atom. The maximum Gasteiger partial charge on any atom is 0.410 e. The van der Waals surface area contributed by atoms with Crippen LogP contribution < -0.4 is 5.32 Å². The molecule has 7 nitrogen and oxygen atoms in total. The van der Waals surface area contributed by atoms with E-state index in [0.717, 1.165) is 5.56 Å². The number of hydrogen-bond donors (Lipinski definition) is 1. The van der Waals surface area contributed by atoms with E-state index in [1.807, 2.05) is 44.2 Å². The smallest absolute Gasteiger partial charge is 0.410 e. The SMILES string of the molecule is COC(=O)[C@H](NC(=O)[C@@H]1CCCN1C(=O)OCc1ccccc1)C(C)C. The number of nitrogens with zero attached hydrogens (tertiary/aromatic N) is 1. The van der Waals surface area contributed by atoms with Gasteiger partial charge in [-0.3, -0.25) is 9.69 Å². The lowest BCUT2D eigenvalue weighted by atomic mass is 10.0. The first-order chi connectivity index (χ1) is 12.4. The molecule has 2 atom stereocenters. The van der Waals surface area contributed by atoms with Crippen molar-refractivity contribution in [1.29, 1.82) is 0 Å². The van der Waals surface area contributed by atoms with Gasteiger partial charge in [-0.2, -0.15) is 0 Å². The maximum absolute atomic E-state index is 12.6. The zero-order valence-electron chi connectivity index (χ0n) is 15.4. The van der Waals surface area contributed by atoms with Gasteiger partial charge in [0.25, 0.3) is 0 Å². The summed E-state index contributed by atoms with van der Waals surface area (Å²) in [5.41, 5.74) is 0.881. The van der Waals surface area contributed by atoms with E-state index < -0.39 is 24.1 Å². The van der Waals surface area contributed by atoms with E-state index in [1.165, 1.54) is 12.0 Å². The Morgan fingerprint density at radius 3 is 2.54 bits per heavy atom. The van der Waals surface area contributed by atoms with E-state index in [4.69, 9.17) is 9.47 Å². The van der Waals surface area contributed by atoms with Gasteiger partial charge in [-0.1, -0.05) is 44.2 Å². The van der Waals surface area contributed by atoms with Crippen molar-refractivity contribution >= 4 is 18.0 Å². The molecule has 1 aromatic rings. The van der Waals surface area contributed by atoms with Crippen LogP contribution in [0.15, 0.2) is 30.3 Å². The molecule has 0 aliphatic carbocycles. The lowest BCUT2D eigenvalue weighted by Crippen LogP contribution is -2.52. The number of nitrogens with one attached hydrogen (secondary N) is 1. The summed E-state index contributed by atoms with van der Waals surface area (Å²) < 4.78 is 10.1. The van der Waals surface area contributed by atoms with Crippen molar-refractivity contribution in [2.24, 2.45) is 5.92 Å². The monoisotopic (exact) mass is 362 g/mol. The third-order valence-corrected chi connectivity index (χ3v) is 4.41. The van der Waals surface area contributed by atoms with E-state index in [9.17, 15) is 14.4 Å². The van der Waals surface area contributed by atoms with Crippen molar-refractivity contribution in [1.82, 2.24) is 10.2 Å². The average molecular weight is 362 g/mol. The molecular weight excluding hydrogens is 336 g/mol. The molecular formula is C19H26N2O5. The summed E-state index contributed by atoms with van der Waals surface area (Å²) in [6.45, 7) is 4.25. The summed E-state index contributed by atoms with van der Waals surface area (Å²) in [7, 11) is 1.28. The summed E-state index contributed by atoms with van der Waals surface area (Å²) in [6.07, 6.45) is 0.729. The lowest BCUT2D eigenvalue weighted by molar-refractivity contribution is -0.146. The van der Waals surface area contributed by atoms with Gasteiger partial charge in [-0.25, -0.2) is 9.59 Å². The molecule has 1 aliphatic heterocycles. The van der Waals surface area contributed by atoms with Gasteiger partial charge in [0.05, 0.1) is 7.11 Å². The Morgan fingerprint density at radius 2 is 1.92 bits per heavy atom. The van der Waals surface area contributed by atoms with Gasteiger partial charge in [0.1, 0.15) is 18.7 Å². The van der Waals surface area contributed by atoms with E-state index in [1.54, 1.807) is 0 Å². The van der Waals surface area contributed by atoms with Gasteiger partial charge < -0.3 is 14.8 Å². The average Bonchev–Trinajstić information content (AvgIpc) is 3.14. The summed E-state index contributed by atoms with van der Waals surface area (Å²) in [6, 6.07) is 7.98. The number of carbonyl (C=O) groups excluding carboxylic acids is 3. The summed E-state index contributed by atoms with van der Waals surface area (Å²) >= 11 is 0. The Hall–Kier alpha value is -2.57. The van der Waals surface area contributed by atoms with E-state index in [-0.39, 0.29) is 18.4 Å². The predicted octanol–water partition coefficient (Wildman–Crippen LogP) is 2.10. The molecule has 7 heteroatoms. The van der Waals surface area contributed by atoms with Gasteiger partial charge in [-0.05, 0) is 24.3 Å². The fourth-order valence-corrected chi connectivity index (χ4v) is 2.93. The molecule has 1 heterocycles. The normalized spacial score (nSPS) is 17.7. The molecule has 0 saturated carbocycles. The third kappa shape index (κ3) is 4.97. The molecule has 1 saturated heterocycles. The molecule has 0 unspecified atom stereocenters. The first-order valence-electron chi connectivity index (χ1n) is 8.79. The largest absolute Gasteiger partial charge is 0.467 e. The number of methoxy groups -OCH3 is 1. The molecule has 2 rings (SSSR count). The zero-order chi connectivity index (χ0) is 19.1. The summed E-state index contributed by atoms with van der Waals surface area (Å²) in [4.78, 5) is 38.2. The number of carbonyl (C=O) groups is 3. The van der Waals surface area contributed by atoms with Crippen molar-refractivity contribution in [3.8, 4) is 0 Å². The number of hydrogen-bond acceptors (Lipinski definition) is 5. The highest BCUT2D eigenvalue weighted by molar-refractivity contribution is 5.90. The van der Waals surface area contributed by atoms with Crippen LogP contribution in [-0.4, -0.2) is 48.6 Å². The summed E-state index contributed by atoms with van der Waals surface area (Å²) in [5.74, 6) is -0.973. The van der Waals surface area contributed by atoms with Crippen LogP contribution in [0.25, 0.3) is 0 Å². The molecule has 0 spiro atoms. The standard InChI is InChI=1S/C19H26N2O5/c1-13(2)16(18(23)25-3)20-17(22)15-10-7-11-21(15)19(24)26-12-14-8-5-4-6-9-14/h4-6,8-9,13,15-16H,7,10-12H2,1-3H3,(H,20,22)/t15-,16+/m0/s1. The molecule has 2 amide bonds. The van der Waals surface area contributed by atoms with Crippen molar-refractivity contribution in [2.75, 3.05) is 13.7 Å². The highest BCUT2D eigenvalue weighted by Gasteiger charge is 2.37. The molecule has 1 aliphatic rings. The molecule has 142 valence electrons. The number of ether oxygens (including phenoxy) is 2. The number of benzene rings is 1. The quantitative estimate of drug-likeness (QED) is 0.784. The molecule has 0 radical (unpaired) electrons. The van der Waals surface area contributed by atoms with Crippen LogP contribution in [0, 0.1) is 5.92 Å². The minimum absolute atomic E-state index is 0.119. The van der Waals surface area contributed by atoms with Gasteiger partial charge in [0.2, 0.25) is 5.91 Å². The van der Waals surface area contributed by atoms with Crippen LogP contribution in [0.5, 0.6) is 0 Å². The van der Waals surface area contributed by atoms with Gasteiger partial charge >= 0.3 is 12.1 Å². The van der Waals surface area contributed by atoms with Crippen LogP contribution in [0.4, 0.5) is 4.79 Å². The van der Waals surface area contributed by atoms with Gasteiger partial charge in [-0.15, -0.1) is 0 Å². The minimum atomic E-state index is -0.740. The first kappa shape index (κ1) is 19.8. The molecule has 1 aromatic carbocycles. The molecule has 26 heavy (non-hydrogen) atoms. The van der Waals surface area contributed by atoms with Crippen LogP contribution in [0.2, 0.25) is 0 Å². The molecule has 0 bridgehead atoms. The van der Waals surface area contributed by atoms with Crippen molar-refractivity contribution in [3.63, 3.8) is 0 Å². The van der Waals surface area contributed by atoms with Crippen molar-refractivity contribution in [3.05, 3.63) is 35.9 Å². The second-order valence-electron chi connectivity index (χ2n) is 6.65. The lowest BCUT2D eigenvalue weighted by Gasteiger charge is -2.26. The van der Waals surface area contributed by atoms with Gasteiger partial charge in [0, 0.05) is 6.54 Å². The maximum atomic E-state index is 12.6. The van der Waals surface area contributed by atoms with Crippen LogP contribution in [0.1, 0.15) is 32.3 Å². The summed E-state index contributed by atoms with van der Waals surface area (Å²) in [5, 5.41) is 2.70. The third-order valence-electron chi connectivity index (χ3n) is 4.41. The fraction of sp³-hybridized carbons (Fsp3) is 0.526. The Kier molecular flexibility index (Phi) is 7.00. The Balaban J connectivity index is 1.96. The van der Waals surface area contributed by atoms with Crippen molar-refractivity contribution < 1.29 is 23.9 Å². The van der Waals surface area contributed by atoms with Crippen LogP contribution in [0.3, 0.4) is 0 Å². The number of likely N-dealkylation sites (tertiary alicyclic amines) is 1. The highest BCUT2D eigenvalue weighted by Crippen LogP contribution is 2.20. The van der Waals surface area contributed by atoms with Crippen LogP contribution in [-0.2, 0) is 25.7 Å². The van der Waals surface area contributed by atoms with Crippen molar-refractivity contribution in [2.45, 2.75) is 45.4 Å². The number of esters is 1. The number of rotatable bonds is 6. The van der Waals surface area contributed by atoms with E-state index >= 15 is 0 Å². The number of amides is 2. The Bertz CT molecular complexity index is 632. The second-order valence-corrected chi connectivity index (χ2v) is 6.65. The second kappa shape index (κ2) is 9.22. The van der Waals surface area contributed by atoms with Gasteiger partial charge in [0.15, 0.2) is 0 Å². The van der Waals surface area contributed by atoms with E-state index in [0.29, 0.717) is 19.4 Å². The topological polar surface area (TPSA) is 84.9 Å². The van der Waals surface area contributed by atoms with E-state index in [2.05, 4.69) is 5.32 Å². The highest BCUT2D eigenvalue weighted by atomic mass is 16.6. The molecule has 0 aromatic heterocycles. The Labute approximate surface area is 153 Å². The molecule has 1 fully saturated rings. The zero-order valence-corrected chi connectivity index (χ0v) is 15.4. The predicted molar refractivity (Wildman–Crippen MR) is 95.1 cm³/mol. The fourth-order valence-electron chi connectivity index (χ4n) is 2.93.